The molecule has 0 aromatic heterocycles. The highest BCUT2D eigenvalue weighted by atomic mass is 16.6. The summed E-state index contributed by atoms with van der Waals surface area (Å²) in [5.41, 5.74) is 8.56. The highest BCUT2D eigenvalue weighted by Gasteiger charge is 2.53. The molecule has 18 heavy (non-hydrogen) atoms. The standard InChI is InChI=1S/C13H21N3O2/c1-9-4-12(2,3)8-13(5-9)6-11(17)18-10(13)7-15-16-14/h9-10H,4-8H2,1-3H3. The number of nitrogens with zero attached hydrogens (tertiary/aromatic N) is 3. The summed E-state index contributed by atoms with van der Waals surface area (Å²) in [7, 11) is 0. The van der Waals surface area contributed by atoms with Crippen molar-refractivity contribution in [3.05, 3.63) is 10.4 Å². The van der Waals surface area contributed by atoms with Crippen molar-refractivity contribution in [2.45, 2.75) is 52.6 Å². The summed E-state index contributed by atoms with van der Waals surface area (Å²) in [5, 5.41) is 3.61. The van der Waals surface area contributed by atoms with Gasteiger partial charge in [-0.2, -0.15) is 0 Å². The Hall–Kier alpha value is -1.22. The Morgan fingerprint density at radius 1 is 1.50 bits per heavy atom. The van der Waals surface area contributed by atoms with E-state index in [1.54, 1.807) is 0 Å². The van der Waals surface area contributed by atoms with Crippen LogP contribution in [0.5, 0.6) is 0 Å². The maximum absolute atomic E-state index is 11.7. The fraction of sp³-hybridized carbons (Fsp3) is 0.923. The van der Waals surface area contributed by atoms with Crippen molar-refractivity contribution in [3.63, 3.8) is 0 Å². The molecule has 0 aromatic rings. The molecule has 0 aromatic carbocycles. The van der Waals surface area contributed by atoms with E-state index in [0.29, 0.717) is 12.3 Å². The quantitative estimate of drug-likeness (QED) is 0.326. The Kier molecular flexibility index (Phi) is 3.28. The van der Waals surface area contributed by atoms with Gasteiger partial charge in [0.1, 0.15) is 6.10 Å². The molecule has 5 nitrogen and oxygen atoms in total. The average Bonchev–Trinajstić information content (AvgIpc) is 2.47. The van der Waals surface area contributed by atoms with Crippen LogP contribution in [0.15, 0.2) is 5.11 Å². The monoisotopic (exact) mass is 251 g/mol. The highest BCUT2D eigenvalue weighted by molar-refractivity contribution is 5.73. The Balaban J connectivity index is 2.25. The summed E-state index contributed by atoms with van der Waals surface area (Å²) in [6, 6.07) is 0. The van der Waals surface area contributed by atoms with Crippen molar-refractivity contribution in [3.8, 4) is 0 Å². The van der Waals surface area contributed by atoms with Crippen LogP contribution in [0.25, 0.3) is 10.4 Å². The summed E-state index contributed by atoms with van der Waals surface area (Å²) in [4.78, 5) is 14.4. The van der Waals surface area contributed by atoms with Gasteiger partial charge in [0.2, 0.25) is 0 Å². The maximum atomic E-state index is 11.7. The average molecular weight is 251 g/mol. The lowest BCUT2D eigenvalue weighted by atomic mass is 9.58. The van der Waals surface area contributed by atoms with Gasteiger partial charge in [-0.25, -0.2) is 0 Å². The minimum atomic E-state index is -0.233. The van der Waals surface area contributed by atoms with Gasteiger partial charge in [0.05, 0.1) is 13.0 Å². The molecule has 2 aliphatic rings. The van der Waals surface area contributed by atoms with Gasteiger partial charge in [-0.15, -0.1) is 0 Å². The number of rotatable bonds is 2. The molecule has 3 atom stereocenters. The number of carbonyl (C=O) groups is 1. The number of esters is 1. The van der Waals surface area contributed by atoms with Crippen LogP contribution in [-0.2, 0) is 9.53 Å². The molecule has 2 rings (SSSR count). The highest BCUT2D eigenvalue weighted by Crippen LogP contribution is 2.55. The molecular weight excluding hydrogens is 230 g/mol. The van der Waals surface area contributed by atoms with Crippen LogP contribution in [-0.4, -0.2) is 18.6 Å². The molecule has 1 aliphatic carbocycles. The van der Waals surface area contributed by atoms with Crippen LogP contribution in [0, 0.1) is 16.7 Å². The molecule has 1 saturated carbocycles. The minimum Gasteiger partial charge on any atom is -0.462 e. The van der Waals surface area contributed by atoms with Crippen molar-refractivity contribution >= 4 is 5.97 Å². The van der Waals surface area contributed by atoms with Crippen LogP contribution in [0.4, 0.5) is 0 Å². The first-order valence-corrected chi connectivity index (χ1v) is 6.57. The minimum absolute atomic E-state index is 0.119. The molecule has 1 heterocycles. The Morgan fingerprint density at radius 2 is 2.22 bits per heavy atom. The first kappa shape index (κ1) is 13.2. The zero-order chi connectivity index (χ0) is 13.4. The van der Waals surface area contributed by atoms with Crippen molar-refractivity contribution in [1.29, 1.82) is 0 Å². The van der Waals surface area contributed by atoms with Gasteiger partial charge in [-0.05, 0) is 36.1 Å². The molecule has 2 fully saturated rings. The van der Waals surface area contributed by atoms with E-state index in [9.17, 15) is 4.79 Å². The largest absolute Gasteiger partial charge is 0.462 e. The lowest BCUT2D eigenvalue weighted by Crippen LogP contribution is -2.43. The maximum Gasteiger partial charge on any atom is 0.306 e. The van der Waals surface area contributed by atoms with Gasteiger partial charge >= 0.3 is 5.97 Å². The molecule has 1 saturated heterocycles. The first-order chi connectivity index (χ1) is 8.37. The van der Waals surface area contributed by atoms with E-state index >= 15 is 0 Å². The SMILES string of the molecule is CC1CC(C)(C)CC2(CC(=O)OC2CN=[N+]=[N-])C1. The molecule has 5 heteroatoms. The first-order valence-electron chi connectivity index (χ1n) is 6.57. The van der Waals surface area contributed by atoms with E-state index in [1.165, 1.54) is 6.42 Å². The number of cyclic esters (lactones) is 1. The van der Waals surface area contributed by atoms with Gasteiger partial charge in [-0.1, -0.05) is 25.9 Å². The van der Waals surface area contributed by atoms with Gasteiger partial charge in [0, 0.05) is 10.3 Å². The van der Waals surface area contributed by atoms with Crippen molar-refractivity contribution in [2.24, 2.45) is 21.9 Å². The summed E-state index contributed by atoms with van der Waals surface area (Å²) < 4.78 is 5.39. The molecule has 1 aliphatic heterocycles. The number of carbonyl (C=O) groups excluding carboxylic acids is 1. The molecule has 3 unspecified atom stereocenters. The lowest BCUT2D eigenvalue weighted by Gasteiger charge is -2.46. The zero-order valence-electron chi connectivity index (χ0n) is 11.3. The van der Waals surface area contributed by atoms with Crippen LogP contribution >= 0.6 is 0 Å². The van der Waals surface area contributed by atoms with Gasteiger partial charge in [-0.3, -0.25) is 4.79 Å². The van der Waals surface area contributed by atoms with Crippen molar-refractivity contribution in [2.75, 3.05) is 6.54 Å². The van der Waals surface area contributed by atoms with E-state index in [4.69, 9.17) is 10.3 Å². The van der Waals surface area contributed by atoms with Crippen molar-refractivity contribution in [1.82, 2.24) is 0 Å². The second kappa shape index (κ2) is 4.47. The van der Waals surface area contributed by atoms with Gasteiger partial charge < -0.3 is 4.74 Å². The molecule has 1 spiro atoms. The second-order valence-electron chi connectivity index (χ2n) is 6.79. The Morgan fingerprint density at radius 3 is 2.83 bits per heavy atom. The number of hydrogen-bond acceptors (Lipinski definition) is 3. The number of ether oxygens (including phenoxy) is 1. The van der Waals surface area contributed by atoms with Crippen LogP contribution < -0.4 is 0 Å². The van der Waals surface area contributed by atoms with Crippen LogP contribution in [0.1, 0.15) is 46.5 Å². The van der Waals surface area contributed by atoms with Gasteiger partial charge in [0.25, 0.3) is 0 Å². The van der Waals surface area contributed by atoms with E-state index in [1.807, 2.05) is 0 Å². The summed E-state index contributed by atoms with van der Waals surface area (Å²) in [6.45, 7) is 7.00. The fourth-order valence-electron chi connectivity index (χ4n) is 4.26. The normalized spacial score (nSPS) is 38.3. The fourth-order valence-corrected chi connectivity index (χ4v) is 4.26. The summed E-state index contributed by atoms with van der Waals surface area (Å²) >= 11 is 0. The van der Waals surface area contributed by atoms with Gasteiger partial charge in [0.15, 0.2) is 0 Å². The molecule has 0 N–H and O–H groups in total. The smallest absolute Gasteiger partial charge is 0.306 e. The van der Waals surface area contributed by atoms with Crippen LogP contribution in [0.3, 0.4) is 0 Å². The third-order valence-corrected chi connectivity index (χ3v) is 4.25. The van der Waals surface area contributed by atoms with E-state index in [0.717, 1.165) is 12.8 Å². The van der Waals surface area contributed by atoms with E-state index in [2.05, 4.69) is 30.8 Å². The molecule has 0 bridgehead atoms. The summed E-state index contributed by atoms with van der Waals surface area (Å²) in [6.07, 6.45) is 3.39. The molecule has 0 radical (unpaired) electrons. The Labute approximate surface area is 108 Å². The molecule has 100 valence electrons. The predicted molar refractivity (Wildman–Crippen MR) is 67.7 cm³/mol. The third kappa shape index (κ3) is 2.46. The predicted octanol–water partition coefficient (Wildman–Crippen LogP) is 3.44. The Bertz CT molecular complexity index is 401. The van der Waals surface area contributed by atoms with Crippen LogP contribution in [0.2, 0.25) is 0 Å². The van der Waals surface area contributed by atoms with E-state index in [-0.39, 0.29) is 29.4 Å². The molecule has 0 amide bonds. The third-order valence-electron chi connectivity index (χ3n) is 4.25. The number of azide groups is 1. The summed E-state index contributed by atoms with van der Waals surface area (Å²) in [5.74, 6) is 0.440. The topological polar surface area (TPSA) is 75.1 Å². The van der Waals surface area contributed by atoms with Crippen molar-refractivity contribution < 1.29 is 9.53 Å². The molecular formula is C13H21N3O2. The van der Waals surface area contributed by atoms with E-state index < -0.39 is 0 Å². The second-order valence-corrected chi connectivity index (χ2v) is 6.79. The number of hydrogen-bond donors (Lipinski definition) is 0. The lowest BCUT2D eigenvalue weighted by molar-refractivity contribution is -0.141. The zero-order valence-corrected chi connectivity index (χ0v) is 11.3.